The van der Waals surface area contributed by atoms with Gasteiger partial charge >= 0.3 is 0 Å². The lowest BCUT2D eigenvalue weighted by Gasteiger charge is -2.48. The minimum Gasteiger partial charge on any atom is -0.339 e. The van der Waals surface area contributed by atoms with Crippen molar-refractivity contribution in [3.63, 3.8) is 0 Å². The summed E-state index contributed by atoms with van der Waals surface area (Å²) in [6.45, 7) is 2.67. The first-order valence-electron chi connectivity index (χ1n) is 8.18. The van der Waals surface area contributed by atoms with Gasteiger partial charge in [-0.25, -0.2) is 4.98 Å². The van der Waals surface area contributed by atoms with Gasteiger partial charge in [-0.05, 0) is 29.7 Å². The maximum Gasteiger partial charge on any atom is 0.227 e. The summed E-state index contributed by atoms with van der Waals surface area (Å²) in [4.78, 5) is 15.6. The number of nitrogens with zero attached hydrogens (tertiary/aromatic N) is 4. The van der Waals surface area contributed by atoms with Crippen LogP contribution in [-0.2, 0) is 6.54 Å². The van der Waals surface area contributed by atoms with Gasteiger partial charge in [0.15, 0.2) is 5.82 Å². The number of rotatable bonds is 3. The van der Waals surface area contributed by atoms with Gasteiger partial charge in [0.05, 0.1) is 12.7 Å². The van der Waals surface area contributed by atoms with Crippen molar-refractivity contribution in [3.05, 3.63) is 40.5 Å². The van der Waals surface area contributed by atoms with E-state index in [1.165, 1.54) is 12.0 Å². The topological polar surface area (TPSA) is 65.4 Å². The SMILES string of the molecule is Clc1cnc(N2CC3CC(C2)N3)nc1Nc1ccc2c(c1)C=NC2. The first-order valence-corrected chi connectivity index (χ1v) is 8.56. The van der Waals surface area contributed by atoms with Gasteiger partial charge in [-0.1, -0.05) is 17.7 Å². The van der Waals surface area contributed by atoms with Gasteiger partial charge in [-0.2, -0.15) is 4.98 Å². The monoisotopic (exact) mass is 340 g/mol. The zero-order valence-electron chi connectivity index (χ0n) is 13.0. The van der Waals surface area contributed by atoms with Crippen LogP contribution in [0.1, 0.15) is 17.5 Å². The lowest BCUT2D eigenvalue weighted by Crippen LogP contribution is -2.67. The van der Waals surface area contributed by atoms with Crippen LogP contribution in [0.3, 0.4) is 0 Å². The third-order valence-corrected chi connectivity index (χ3v) is 5.11. The molecule has 2 bridgehead atoms. The Labute approximate surface area is 145 Å². The highest BCUT2D eigenvalue weighted by Crippen LogP contribution is 2.29. The quantitative estimate of drug-likeness (QED) is 0.898. The van der Waals surface area contributed by atoms with Crippen molar-refractivity contribution in [2.24, 2.45) is 4.99 Å². The van der Waals surface area contributed by atoms with E-state index in [2.05, 4.69) is 42.6 Å². The highest BCUT2D eigenvalue weighted by atomic mass is 35.5. The Morgan fingerprint density at radius 1 is 1.25 bits per heavy atom. The second-order valence-corrected chi connectivity index (χ2v) is 6.98. The lowest BCUT2D eigenvalue weighted by atomic mass is 9.92. The molecule has 2 atom stereocenters. The molecule has 6 rings (SSSR count). The van der Waals surface area contributed by atoms with Gasteiger partial charge in [0.1, 0.15) is 5.02 Å². The number of piperazine rings is 1. The van der Waals surface area contributed by atoms with Gasteiger partial charge in [0.25, 0.3) is 0 Å². The molecule has 4 aliphatic heterocycles. The van der Waals surface area contributed by atoms with Crippen molar-refractivity contribution >= 4 is 35.3 Å². The summed E-state index contributed by atoms with van der Waals surface area (Å²) in [6, 6.07) is 7.32. The number of fused-ring (bicyclic) bond motifs is 3. The Bertz CT molecular complexity index is 820. The highest BCUT2D eigenvalue weighted by Gasteiger charge is 2.37. The molecule has 1 aromatic carbocycles. The molecule has 0 aliphatic carbocycles. The summed E-state index contributed by atoms with van der Waals surface area (Å²) in [6.07, 6.45) is 4.83. The number of aromatic nitrogens is 2. The van der Waals surface area contributed by atoms with Crippen molar-refractivity contribution in [2.45, 2.75) is 25.0 Å². The molecule has 6 nitrogen and oxygen atoms in total. The molecule has 3 saturated heterocycles. The van der Waals surface area contributed by atoms with Crippen molar-refractivity contribution < 1.29 is 0 Å². The van der Waals surface area contributed by atoms with Gasteiger partial charge < -0.3 is 15.5 Å². The predicted octanol–water partition coefficient (Wildman–Crippen LogP) is 2.36. The van der Waals surface area contributed by atoms with Crippen LogP contribution in [0.2, 0.25) is 5.02 Å². The fourth-order valence-corrected chi connectivity index (χ4v) is 3.73. The van der Waals surface area contributed by atoms with Crippen LogP contribution in [-0.4, -0.2) is 41.4 Å². The minimum absolute atomic E-state index is 0.521. The normalized spacial score (nSPS) is 23.8. The summed E-state index contributed by atoms with van der Waals surface area (Å²) in [5.41, 5.74) is 3.35. The fraction of sp³-hybridized carbons (Fsp3) is 0.353. The Balaban J connectivity index is 1.41. The van der Waals surface area contributed by atoms with Crippen LogP contribution in [0.15, 0.2) is 29.4 Å². The highest BCUT2D eigenvalue weighted by molar-refractivity contribution is 6.32. The summed E-state index contributed by atoms with van der Waals surface area (Å²) in [5, 5.41) is 7.36. The van der Waals surface area contributed by atoms with Crippen LogP contribution in [0.25, 0.3) is 0 Å². The molecule has 24 heavy (non-hydrogen) atoms. The van der Waals surface area contributed by atoms with Crippen LogP contribution < -0.4 is 15.5 Å². The molecule has 7 heteroatoms. The van der Waals surface area contributed by atoms with E-state index < -0.39 is 0 Å². The number of hydrogen-bond acceptors (Lipinski definition) is 6. The average Bonchev–Trinajstić information content (AvgIpc) is 3.04. The number of benzene rings is 1. The van der Waals surface area contributed by atoms with Gasteiger partial charge in [0.2, 0.25) is 5.95 Å². The predicted molar refractivity (Wildman–Crippen MR) is 95.6 cm³/mol. The van der Waals surface area contributed by atoms with E-state index in [1.54, 1.807) is 6.20 Å². The van der Waals surface area contributed by atoms with Crippen molar-refractivity contribution in [3.8, 4) is 0 Å². The second kappa shape index (κ2) is 5.43. The molecule has 3 fully saturated rings. The third kappa shape index (κ3) is 2.42. The number of piperidine rings is 1. The Kier molecular flexibility index (Phi) is 3.21. The van der Waals surface area contributed by atoms with E-state index in [0.717, 1.165) is 36.8 Å². The molecule has 0 amide bonds. The Morgan fingerprint density at radius 2 is 2.08 bits per heavy atom. The van der Waals surface area contributed by atoms with Gasteiger partial charge in [-0.3, -0.25) is 4.99 Å². The summed E-state index contributed by atoms with van der Waals surface area (Å²) in [5.74, 6) is 1.38. The second-order valence-electron chi connectivity index (χ2n) is 6.58. The van der Waals surface area contributed by atoms with Gasteiger partial charge in [0, 0.05) is 37.1 Å². The zero-order valence-corrected chi connectivity index (χ0v) is 13.8. The molecule has 0 spiro atoms. The molecular formula is C17H17ClN6. The van der Waals surface area contributed by atoms with Crippen molar-refractivity contribution in [1.29, 1.82) is 0 Å². The summed E-state index contributed by atoms with van der Waals surface area (Å²) in [7, 11) is 0. The number of halogens is 1. The molecular weight excluding hydrogens is 324 g/mol. The maximum absolute atomic E-state index is 6.30. The molecule has 4 aliphatic rings. The summed E-state index contributed by atoms with van der Waals surface area (Å²) >= 11 is 6.30. The van der Waals surface area contributed by atoms with Gasteiger partial charge in [-0.15, -0.1) is 0 Å². The molecule has 2 aromatic rings. The molecule has 122 valence electrons. The van der Waals surface area contributed by atoms with E-state index >= 15 is 0 Å². The molecule has 2 N–H and O–H groups in total. The minimum atomic E-state index is 0.521. The summed E-state index contributed by atoms with van der Waals surface area (Å²) < 4.78 is 0. The van der Waals surface area contributed by atoms with E-state index in [9.17, 15) is 0 Å². The first-order chi connectivity index (χ1) is 11.7. The number of hydrogen-bond donors (Lipinski definition) is 2. The van der Waals surface area contributed by atoms with Crippen LogP contribution in [0, 0.1) is 0 Å². The first kappa shape index (κ1) is 14.2. The lowest BCUT2D eigenvalue weighted by molar-refractivity contribution is 0.224. The van der Waals surface area contributed by atoms with E-state index in [1.807, 2.05) is 12.3 Å². The van der Waals surface area contributed by atoms with Crippen LogP contribution in [0.4, 0.5) is 17.5 Å². The molecule has 0 radical (unpaired) electrons. The third-order valence-electron chi connectivity index (χ3n) is 4.84. The fourth-order valence-electron chi connectivity index (χ4n) is 3.59. The van der Waals surface area contributed by atoms with Crippen LogP contribution in [0.5, 0.6) is 0 Å². The number of aliphatic imine (C=N–C) groups is 1. The van der Waals surface area contributed by atoms with Crippen molar-refractivity contribution in [1.82, 2.24) is 15.3 Å². The number of anilines is 3. The smallest absolute Gasteiger partial charge is 0.227 e. The average molecular weight is 341 g/mol. The zero-order chi connectivity index (χ0) is 16.1. The standard InChI is InChI=1S/C17H17ClN6/c18-15-7-20-17(24-8-13-4-14(9-24)21-13)23-16(15)22-12-2-1-10-5-19-6-11(10)3-12/h1-3,6-7,13-14,21H,4-5,8-9H2,(H,20,22,23). The van der Waals surface area contributed by atoms with E-state index in [4.69, 9.17) is 11.6 Å². The maximum atomic E-state index is 6.30. The van der Waals surface area contributed by atoms with E-state index in [0.29, 0.717) is 22.9 Å². The number of nitrogens with one attached hydrogen (secondary N) is 2. The molecule has 1 aromatic heterocycles. The molecule has 0 saturated carbocycles. The molecule has 5 heterocycles. The van der Waals surface area contributed by atoms with Crippen LogP contribution >= 0.6 is 11.6 Å². The van der Waals surface area contributed by atoms with E-state index in [-0.39, 0.29) is 0 Å². The Hall–Kier alpha value is -2.18. The largest absolute Gasteiger partial charge is 0.339 e. The molecule has 2 unspecified atom stereocenters. The Morgan fingerprint density at radius 3 is 2.92 bits per heavy atom. The van der Waals surface area contributed by atoms with Crippen molar-refractivity contribution in [2.75, 3.05) is 23.3 Å².